The zero-order chi connectivity index (χ0) is 26.4. The number of rotatable bonds is 9. The molecule has 4 aromatic carbocycles. The lowest BCUT2D eigenvalue weighted by atomic mass is 9.73. The molecule has 4 aromatic rings. The molecule has 0 aliphatic carbocycles. The summed E-state index contributed by atoms with van der Waals surface area (Å²) < 4.78 is 5.34. The summed E-state index contributed by atoms with van der Waals surface area (Å²) in [4.78, 5) is 15.9. The molecule has 0 aliphatic rings. The number of hydrogen-bond donors (Lipinski definition) is 0. The first-order chi connectivity index (χ1) is 17.9. The Morgan fingerprint density at radius 3 is 1.38 bits per heavy atom. The van der Waals surface area contributed by atoms with Crippen LogP contribution in [0.25, 0.3) is 0 Å². The third-order valence-electron chi connectivity index (χ3n) is 6.65. The quantitative estimate of drug-likeness (QED) is 0.146. The average molecular weight is 491 g/mol. The fraction of sp³-hybridized carbons (Fsp3) is 0.182. The summed E-state index contributed by atoms with van der Waals surface area (Å²) in [5.74, 6) is 0.145. The molecule has 0 radical (unpaired) electrons. The summed E-state index contributed by atoms with van der Waals surface area (Å²) in [5, 5.41) is 0. The van der Waals surface area contributed by atoms with Gasteiger partial charge in [0.05, 0.1) is 0 Å². The lowest BCUT2D eigenvalue weighted by Gasteiger charge is -2.30. The van der Waals surface area contributed by atoms with Gasteiger partial charge in [-0.2, -0.15) is 0 Å². The van der Waals surface area contributed by atoms with E-state index in [0.29, 0.717) is 5.75 Å². The fourth-order valence-electron chi connectivity index (χ4n) is 4.68. The van der Waals surface area contributed by atoms with Gasteiger partial charge in [0.15, 0.2) is 0 Å². The zero-order valence-electron chi connectivity index (χ0n) is 22.0. The molecule has 0 aromatic heterocycles. The highest BCUT2D eigenvalue weighted by atomic mass is 16.5. The first-order valence-electron chi connectivity index (χ1n) is 12.4. The third kappa shape index (κ3) is 6.10. The van der Waals surface area contributed by atoms with Crippen molar-refractivity contribution in [1.29, 1.82) is 0 Å². The van der Waals surface area contributed by atoms with Gasteiger partial charge in [0.1, 0.15) is 5.75 Å². The number of carbonyl (C=O) groups is 1. The molecule has 0 N–H and O–H groups in total. The molecular formula is C33H34N2O2. The number of esters is 1. The van der Waals surface area contributed by atoms with E-state index in [1.165, 1.54) is 22.8 Å². The molecule has 0 spiro atoms. The van der Waals surface area contributed by atoms with Crippen LogP contribution in [0.2, 0.25) is 0 Å². The maximum Gasteiger partial charge on any atom is 0.335 e. The SMILES string of the molecule is C=CC(=O)Oc1ccc(C(c2ccccc2)C(c2ccc(N(C)C)cc2)c2ccc(N(C)C)cc2)cc1. The Bertz CT molecular complexity index is 1260. The summed E-state index contributed by atoms with van der Waals surface area (Å²) in [6, 6.07) is 36.0. The van der Waals surface area contributed by atoms with E-state index >= 15 is 0 Å². The topological polar surface area (TPSA) is 32.8 Å². The van der Waals surface area contributed by atoms with E-state index in [1.54, 1.807) is 0 Å². The van der Waals surface area contributed by atoms with Gasteiger partial charge < -0.3 is 14.5 Å². The Labute approximate surface area is 220 Å². The molecule has 0 bridgehead atoms. The minimum absolute atomic E-state index is 0.0424. The third-order valence-corrected chi connectivity index (χ3v) is 6.65. The highest BCUT2D eigenvalue weighted by molar-refractivity contribution is 5.83. The van der Waals surface area contributed by atoms with Crippen LogP contribution in [0.5, 0.6) is 5.75 Å². The van der Waals surface area contributed by atoms with Crippen molar-refractivity contribution in [1.82, 2.24) is 0 Å². The maximum atomic E-state index is 11.7. The summed E-state index contributed by atoms with van der Waals surface area (Å²) in [7, 11) is 8.22. The van der Waals surface area contributed by atoms with Crippen molar-refractivity contribution in [2.24, 2.45) is 0 Å². The van der Waals surface area contributed by atoms with E-state index in [9.17, 15) is 4.79 Å². The van der Waals surface area contributed by atoms with E-state index in [1.807, 2.05) is 18.2 Å². The van der Waals surface area contributed by atoms with Crippen molar-refractivity contribution in [2.45, 2.75) is 11.8 Å². The molecule has 4 heteroatoms. The highest BCUT2D eigenvalue weighted by Gasteiger charge is 2.28. The summed E-state index contributed by atoms with van der Waals surface area (Å²) in [6.07, 6.45) is 1.17. The number of ether oxygens (including phenoxy) is 1. The highest BCUT2D eigenvalue weighted by Crippen LogP contribution is 2.44. The first kappa shape index (κ1) is 25.8. The van der Waals surface area contributed by atoms with Crippen LogP contribution >= 0.6 is 0 Å². The van der Waals surface area contributed by atoms with Gasteiger partial charge in [-0.1, -0.05) is 73.3 Å². The largest absolute Gasteiger partial charge is 0.423 e. The Morgan fingerprint density at radius 1 is 0.622 bits per heavy atom. The summed E-state index contributed by atoms with van der Waals surface area (Å²) in [5.41, 5.74) is 7.16. The van der Waals surface area contributed by atoms with E-state index in [0.717, 1.165) is 16.9 Å². The molecule has 0 saturated heterocycles. The first-order valence-corrected chi connectivity index (χ1v) is 12.4. The minimum atomic E-state index is -0.466. The number of nitrogens with zero attached hydrogens (tertiary/aromatic N) is 2. The minimum Gasteiger partial charge on any atom is -0.423 e. The Kier molecular flexibility index (Phi) is 8.09. The predicted octanol–water partition coefficient (Wildman–Crippen LogP) is 6.87. The van der Waals surface area contributed by atoms with Crippen LogP contribution in [-0.2, 0) is 4.79 Å². The second-order valence-corrected chi connectivity index (χ2v) is 9.53. The molecule has 1 unspecified atom stereocenters. The summed E-state index contributed by atoms with van der Waals surface area (Å²) >= 11 is 0. The van der Waals surface area contributed by atoms with Crippen LogP contribution < -0.4 is 14.5 Å². The lowest BCUT2D eigenvalue weighted by molar-refractivity contribution is -0.128. The van der Waals surface area contributed by atoms with Gasteiger partial charge in [-0.25, -0.2) is 4.79 Å². The predicted molar refractivity (Wildman–Crippen MR) is 154 cm³/mol. The smallest absolute Gasteiger partial charge is 0.335 e. The van der Waals surface area contributed by atoms with Crippen LogP contribution in [0.3, 0.4) is 0 Å². The van der Waals surface area contributed by atoms with Crippen molar-refractivity contribution in [3.8, 4) is 5.75 Å². The van der Waals surface area contributed by atoms with Crippen molar-refractivity contribution in [3.63, 3.8) is 0 Å². The van der Waals surface area contributed by atoms with Crippen LogP contribution in [0.4, 0.5) is 11.4 Å². The van der Waals surface area contributed by atoms with Gasteiger partial charge >= 0.3 is 5.97 Å². The zero-order valence-corrected chi connectivity index (χ0v) is 22.0. The number of carbonyl (C=O) groups excluding carboxylic acids is 1. The molecule has 4 rings (SSSR count). The van der Waals surface area contributed by atoms with Gasteiger partial charge in [-0.05, 0) is 58.7 Å². The van der Waals surface area contributed by atoms with Crippen molar-refractivity contribution < 1.29 is 9.53 Å². The van der Waals surface area contributed by atoms with E-state index in [-0.39, 0.29) is 11.8 Å². The molecule has 0 heterocycles. The second-order valence-electron chi connectivity index (χ2n) is 9.53. The van der Waals surface area contributed by atoms with Crippen LogP contribution in [0, 0.1) is 0 Å². The maximum absolute atomic E-state index is 11.7. The normalized spacial score (nSPS) is 11.6. The van der Waals surface area contributed by atoms with E-state index in [2.05, 4.69) is 129 Å². The van der Waals surface area contributed by atoms with Gasteiger partial charge in [0.2, 0.25) is 0 Å². The fourth-order valence-corrected chi connectivity index (χ4v) is 4.68. The Hall–Kier alpha value is -4.31. The second kappa shape index (κ2) is 11.6. The standard InChI is InChI=1S/C33H34N2O2/c1-6-31(36)37-30-22-16-27(17-23-30)32(24-10-8-7-9-11-24)33(25-12-18-28(19-13-25)34(2)3)26-14-20-29(21-15-26)35(4)5/h6-23,32-33H,1H2,2-5H3. The summed E-state index contributed by atoms with van der Waals surface area (Å²) in [6.45, 7) is 3.49. The van der Waals surface area contributed by atoms with Gasteiger partial charge in [0, 0.05) is 57.5 Å². The Balaban J connectivity index is 1.86. The molecule has 0 fully saturated rings. The van der Waals surface area contributed by atoms with Crippen molar-refractivity contribution in [3.05, 3.63) is 138 Å². The number of hydrogen-bond acceptors (Lipinski definition) is 4. The lowest BCUT2D eigenvalue weighted by Crippen LogP contribution is -2.16. The van der Waals surface area contributed by atoms with Crippen molar-refractivity contribution >= 4 is 17.3 Å². The van der Waals surface area contributed by atoms with Crippen molar-refractivity contribution in [2.75, 3.05) is 38.0 Å². The molecule has 37 heavy (non-hydrogen) atoms. The Morgan fingerprint density at radius 2 is 1.00 bits per heavy atom. The van der Waals surface area contributed by atoms with E-state index < -0.39 is 5.97 Å². The molecule has 188 valence electrons. The van der Waals surface area contributed by atoms with E-state index in [4.69, 9.17) is 4.74 Å². The van der Waals surface area contributed by atoms with Gasteiger partial charge in [0.25, 0.3) is 0 Å². The molecule has 1 atom stereocenters. The monoisotopic (exact) mass is 490 g/mol. The molecule has 0 aliphatic heterocycles. The van der Waals surface area contributed by atoms with Crippen LogP contribution in [0.1, 0.15) is 34.1 Å². The van der Waals surface area contributed by atoms with Gasteiger partial charge in [-0.3, -0.25) is 0 Å². The van der Waals surface area contributed by atoms with Gasteiger partial charge in [-0.15, -0.1) is 0 Å². The van der Waals surface area contributed by atoms with Crippen LogP contribution in [0.15, 0.2) is 116 Å². The number of anilines is 2. The molecule has 4 nitrogen and oxygen atoms in total. The molecule has 0 amide bonds. The molecule has 0 saturated carbocycles. The average Bonchev–Trinajstić information content (AvgIpc) is 2.93. The number of benzene rings is 4. The molecular weight excluding hydrogens is 456 g/mol. The van der Waals surface area contributed by atoms with Crippen LogP contribution in [-0.4, -0.2) is 34.2 Å².